The predicted molar refractivity (Wildman–Crippen MR) is 201 cm³/mol. The van der Waals surface area contributed by atoms with E-state index in [1.807, 2.05) is 48.5 Å². The van der Waals surface area contributed by atoms with Crippen molar-refractivity contribution in [2.24, 2.45) is 0 Å². The third kappa shape index (κ3) is 12.9. The fraction of sp³-hybridized carbons (Fsp3) is 0.425. The zero-order valence-corrected chi connectivity index (χ0v) is 31.3. The number of unbranched alkanes of at least 4 members (excludes halogenated alkanes) is 1. The van der Waals surface area contributed by atoms with Crippen LogP contribution in [0.1, 0.15) is 50.2 Å². The molecule has 0 aromatic heterocycles. The summed E-state index contributed by atoms with van der Waals surface area (Å²) in [5, 5.41) is 11.2. The highest BCUT2D eigenvalue weighted by Crippen LogP contribution is 2.30. The summed E-state index contributed by atoms with van der Waals surface area (Å²) >= 11 is 0. The summed E-state index contributed by atoms with van der Waals surface area (Å²) in [6.45, 7) is 2.83. The summed E-state index contributed by atoms with van der Waals surface area (Å²) in [7, 11) is 0. The monoisotopic (exact) mass is 777 g/mol. The lowest BCUT2D eigenvalue weighted by atomic mass is 9.92. The van der Waals surface area contributed by atoms with E-state index in [9.17, 15) is 24.0 Å². The number of piperidine rings is 1. The van der Waals surface area contributed by atoms with Crippen molar-refractivity contribution in [3.8, 4) is 5.75 Å². The van der Waals surface area contributed by atoms with Gasteiger partial charge in [0, 0.05) is 32.4 Å². The SMILES string of the molecule is CC(=O)NC[C@H]1CN(c2ccc(OCC3(OC(=O)C(CCCCNC(=O)OCc4ccccc4)NC(=O)OCc4ccccc4)CCNCC3)c(F)c2)C(=O)O1. The second kappa shape index (κ2) is 20.7. The summed E-state index contributed by atoms with van der Waals surface area (Å²) in [4.78, 5) is 63.9. The van der Waals surface area contributed by atoms with Gasteiger partial charge in [-0.05, 0) is 55.6 Å². The molecular formula is C40H48FN5O10. The first-order valence-corrected chi connectivity index (χ1v) is 18.6. The maximum absolute atomic E-state index is 15.4. The lowest BCUT2D eigenvalue weighted by Crippen LogP contribution is -2.52. The molecule has 3 aromatic carbocycles. The number of alkyl carbamates (subject to hydrolysis) is 2. The number of carbonyl (C=O) groups excluding carboxylic acids is 5. The normalized spacial score (nSPS) is 16.5. The molecule has 15 nitrogen and oxygen atoms in total. The molecule has 16 heteroatoms. The first-order valence-electron chi connectivity index (χ1n) is 18.6. The van der Waals surface area contributed by atoms with E-state index in [4.69, 9.17) is 23.7 Å². The third-order valence-electron chi connectivity index (χ3n) is 9.19. The van der Waals surface area contributed by atoms with Crippen LogP contribution in [0.5, 0.6) is 5.75 Å². The van der Waals surface area contributed by atoms with Gasteiger partial charge in [-0.3, -0.25) is 9.69 Å². The van der Waals surface area contributed by atoms with Crippen molar-refractivity contribution in [1.29, 1.82) is 0 Å². The van der Waals surface area contributed by atoms with Gasteiger partial charge < -0.3 is 45.0 Å². The number of rotatable bonds is 18. The topological polar surface area (TPSA) is 183 Å². The highest BCUT2D eigenvalue weighted by Gasteiger charge is 2.40. The average molecular weight is 778 g/mol. The fourth-order valence-electron chi connectivity index (χ4n) is 6.12. The smallest absolute Gasteiger partial charge is 0.414 e. The molecule has 2 aliphatic heterocycles. The molecule has 3 aromatic rings. The Kier molecular flexibility index (Phi) is 15.2. The Morgan fingerprint density at radius 1 is 0.911 bits per heavy atom. The summed E-state index contributed by atoms with van der Waals surface area (Å²) in [6.07, 6.45) is -0.842. The molecule has 300 valence electrons. The maximum atomic E-state index is 15.4. The largest absolute Gasteiger partial charge is 0.486 e. The van der Waals surface area contributed by atoms with Crippen LogP contribution in [0, 0.1) is 5.82 Å². The van der Waals surface area contributed by atoms with E-state index in [0.717, 1.165) is 17.2 Å². The van der Waals surface area contributed by atoms with Gasteiger partial charge in [-0.25, -0.2) is 23.6 Å². The van der Waals surface area contributed by atoms with E-state index in [1.165, 1.54) is 24.0 Å². The standard InChI is InChI=1S/C40H48FN5O10/c1-28(47)44-23-32-24-46(39(51)55-32)31-15-16-35(33(41)22-31)54-27-40(17-20-42-21-18-40)56-36(48)34(45-38(50)53-26-30-12-6-3-7-13-30)14-8-9-19-43-37(49)52-25-29-10-4-2-5-11-29/h2-7,10-13,15-16,22,32,34,42H,8-9,14,17-21,23-27H2,1H3,(H,43,49)(H,44,47)(H,45,50)/t32-,34?/m0/s1. The van der Waals surface area contributed by atoms with Crippen LogP contribution >= 0.6 is 0 Å². The molecule has 0 aliphatic carbocycles. The Hall–Kier alpha value is -5.90. The van der Waals surface area contributed by atoms with Crippen molar-refractivity contribution >= 4 is 35.8 Å². The van der Waals surface area contributed by atoms with Gasteiger partial charge in [0.05, 0.1) is 18.8 Å². The zero-order valence-electron chi connectivity index (χ0n) is 31.3. The number of hydrogen-bond donors (Lipinski definition) is 4. The molecule has 2 atom stereocenters. The second-order valence-corrected chi connectivity index (χ2v) is 13.6. The highest BCUT2D eigenvalue weighted by atomic mass is 19.1. The van der Waals surface area contributed by atoms with Crippen LogP contribution in [0.25, 0.3) is 0 Å². The number of carbonyl (C=O) groups is 5. The van der Waals surface area contributed by atoms with Crippen molar-refractivity contribution < 1.29 is 52.0 Å². The van der Waals surface area contributed by atoms with Gasteiger partial charge in [-0.2, -0.15) is 0 Å². The van der Waals surface area contributed by atoms with Crippen LogP contribution in [0.4, 0.5) is 24.5 Å². The van der Waals surface area contributed by atoms with Crippen molar-refractivity contribution in [2.75, 3.05) is 44.2 Å². The minimum absolute atomic E-state index is 0.00610. The van der Waals surface area contributed by atoms with E-state index in [-0.39, 0.29) is 63.2 Å². The summed E-state index contributed by atoms with van der Waals surface area (Å²) in [6, 6.07) is 21.3. The number of benzene rings is 3. The van der Waals surface area contributed by atoms with Crippen LogP contribution in [0.2, 0.25) is 0 Å². The molecule has 0 spiro atoms. The van der Waals surface area contributed by atoms with Gasteiger partial charge in [0.15, 0.2) is 11.6 Å². The number of esters is 1. The fourth-order valence-corrected chi connectivity index (χ4v) is 6.12. The molecular weight excluding hydrogens is 729 g/mol. The van der Waals surface area contributed by atoms with Gasteiger partial charge in [-0.1, -0.05) is 60.7 Å². The van der Waals surface area contributed by atoms with Crippen molar-refractivity contribution in [1.82, 2.24) is 21.3 Å². The Morgan fingerprint density at radius 2 is 1.57 bits per heavy atom. The molecule has 2 heterocycles. The molecule has 4 N–H and O–H groups in total. The number of anilines is 1. The maximum Gasteiger partial charge on any atom is 0.414 e. The van der Waals surface area contributed by atoms with Gasteiger partial charge in [0.2, 0.25) is 5.91 Å². The van der Waals surface area contributed by atoms with Gasteiger partial charge >= 0.3 is 24.2 Å². The summed E-state index contributed by atoms with van der Waals surface area (Å²) < 4.78 is 43.3. The van der Waals surface area contributed by atoms with Crippen molar-refractivity contribution in [3.63, 3.8) is 0 Å². The lowest BCUT2D eigenvalue weighted by Gasteiger charge is -2.37. The highest BCUT2D eigenvalue weighted by molar-refractivity contribution is 5.90. The molecule has 0 radical (unpaired) electrons. The average Bonchev–Trinajstić information content (AvgIpc) is 3.58. The molecule has 2 aliphatic rings. The number of halogens is 1. The summed E-state index contributed by atoms with van der Waals surface area (Å²) in [5.41, 5.74) is 0.723. The molecule has 2 saturated heterocycles. The van der Waals surface area contributed by atoms with Gasteiger partial charge in [0.25, 0.3) is 0 Å². The zero-order chi connectivity index (χ0) is 39.8. The minimum atomic E-state index is -1.15. The predicted octanol–water partition coefficient (Wildman–Crippen LogP) is 4.72. The van der Waals surface area contributed by atoms with Gasteiger partial charge in [0.1, 0.15) is 37.6 Å². The van der Waals surface area contributed by atoms with Gasteiger partial charge in [-0.15, -0.1) is 0 Å². The van der Waals surface area contributed by atoms with E-state index in [0.29, 0.717) is 38.8 Å². The minimum Gasteiger partial charge on any atom is -0.486 e. The Morgan fingerprint density at radius 3 is 2.21 bits per heavy atom. The second-order valence-electron chi connectivity index (χ2n) is 13.6. The van der Waals surface area contributed by atoms with Crippen LogP contribution in [0.3, 0.4) is 0 Å². The van der Waals surface area contributed by atoms with E-state index in [2.05, 4.69) is 21.3 Å². The molecule has 0 saturated carbocycles. The van der Waals surface area contributed by atoms with E-state index < -0.39 is 47.8 Å². The van der Waals surface area contributed by atoms with Crippen LogP contribution in [-0.4, -0.2) is 87.2 Å². The van der Waals surface area contributed by atoms with E-state index in [1.54, 1.807) is 12.1 Å². The van der Waals surface area contributed by atoms with Crippen LogP contribution in [0.15, 0.2) is 78.9 Å². The molecule has 0 bridgehead atoms. The Bertz CT molecular complexity index is 1780. The van der Waals surface area contributed by atoms with E-state index >= 15 is 4.39 Å². The number of nitrogens with zero attached hydrogens (tertiary/aromatic N) is 1. The van der Waals surface area contributed by atoms with Crippen molar-refractivity contribution in [3.05, 3.63) is 95.8 Å². The number of cyclic esters (lactones) is 1. The Labute approximate surface area is 324 Å². The van der Waals surface area contributed by atoms with Crippen molar-refractivity contribution in [2.45, 2.75) is 70.0 Å². The number of hydrogen-bond acceptors (Lipinski definition) is 11. The van der Waals surface area contributed by atoms with Crippen LogP contribution in [-0.2, 0) is 41.8 Å². The first kappa shape index (κ1) is 41.3. The third-order valence-corrected chi connectivity index (χ3v) is 9.19. The Balaban J connectivity index is 1.18. The quantitative estimate of drug-likeness (QED) is 0.0797. The number of nitrogens with one attached hydrogen (secondary N) is 4. The van der Waals surface area contributed by atoms with Crippen LogP contribution < -0.4 is 30.9 Å². The molecule has 56 heavy (non-hydrogen) atoms. The number of ether oxygens (including phenoxy) is 5. The number of amides is 4. The summed E-state index contributed by atoms with van der Waals surface area (Å²) in [5.74, 6) is -1.83. The molecule has 4 amide bonds. The molecule has 5 rings (SSSR count). The lowest BCUT2D eigenvalue weighted by molar-refractivity contribution is -0.169. The molecule has 1 unspecified atom stereocenters. The first-order chi connectivity index (χ1) is 27.1. The molecule has 2 fully saturated rings.